The summed E-state index contributed by atoms with van der Waals surface area (Å²) in [4.78, 5) is 0. The minimum Gasteiger partial charge on any atom is -0.459 e. The quantitative estimate of drug-likeness (QED) is 0.502. The van der Waals surface area contributed by atoms with Crippen molar-refractivity contribution in [2.45, 2.75) is 25.6 Å². The number of hydrogen-bond donors (Lipinski definition) is 1. The molecule has 12 heavy (non-hydrogen) atoms. The highest BCUT2D eigenvalue weighted by atomic mass is 16.7. The van der Waals surface area contributed by atoms with Gasteiger partial charge in [0.05, 0.1) is 0 Å². The van der Waals surface area contributed by atoms with Crippen LogP contribution in [-0.4, -0.2) is 18.0 Å². The van der Waals surface area contributed by atoms with E-state index < -0.39 is 0 Å². The van der Waals surface area contributed by atoms with E-state index in [-0.39, 0.29) is 12.9 Å². The summed E-state index contributed by atoms with van der Waals surface area (Å²) in [7, 11) is 0. The second-order valence-corrected chi connectivity index (χ2v) is 2.65. The van der Waals surface area contributed by atoms with Crippen molar-refractivity contribution in [3.05, 3.63) is 24.7 Å². The molecular formula is C9H14O3. The van der Waals surface area contributed by atoms with E-state index in [0.717, 1.165) is 19.3 Å². The lowest BCUT2D eigenvalue weighted by Crippen LogP contribution is -2.08. The lowest BCUT2D eigenvalue weighted by Gasteiger charge is -2.09. The third-order valence-electron chi connectivity index (χ3n) is 1.64. The molecule has 1 atom stereocenters. The van der Waals surface area contributed by atoms with Gasteiger partial charge < -0.3 is 14.6 Å². The smallest absolute Gasteiger partial charge is 0.240 e. The molecule has 68 valence electrons. The highest BCUT2D eigenvalue weighted by Gasteiger charge is 2.17. The van der Waals surface area contributed by atoms with Crippen molar-refractivity contribution in [2.24, 2.45) is 0 Å². The Morgan fingerprint density at radius 3 is 3.08 bits per heavy atom. The monoisotopic (exact) mass is 170 g/mol. The molecule has 0 aliphatic carbocycles. The molecule has 1 heterocycles. The van der Waals surface area contributed by atoms with Gasteiger partial charge in [0.2, 0.25) is 6.29 Å². The van der Waals surface area contributed by atoms with E-state index >= 15 is 0 Å². The van der Waals surface area contributed by atoms with E-state index in [9.17, 15) is 0 Å². The Labute approximate surface area is 72.3 Å². The van der Waals surface area contributed by atoms with E-state index in [1.807, 2.05) is 6.08 Å². The number of ether oxygens (including phenoxy) is 2. The lowest BCUT2D eigenvalue weighted by atomic mass is 10.2. The predicted molar refractivity (Wildman–Crippen MR) is 45.2 cm³/mol. The van der Waals surface area contributed by atoms with Gasteiger partial charge in [-0.05, 0) is 12.8 Å². The zero-order valence-corrected chi connectivity index (χ0v) is 7.03. The van der Waals surface area contributed by atoms with Crippen molar-refractivity contribution < 1.29 is 14.6 Å². The number of aliphatic hydroxyl groups excluding tert-OH is 1. The average Bonchev–Trinajstić information content (AvgIpc) is 2.53. The van der Waals surface area contributed by atoms with E-state index in [1.54, 1.807) is 0 Å². The maximum Gasteiger partial charge on any atom is 0.240 e. The maximum atomic E-state index is 8.67. The Bertz CT molecular complexity index is 175. The van der Waals surface area contributed by atoms with Crippen LogP contribution in [-0.2, 0) is 9.47 Å². The molecule has 0 aromatic heterocycles. The Morgan fingerprint density at radius 2 is 2.50 bits per heavy atom. The van der Waals surface area contributed by atoms with Gasteiger partial charge in [-0.3, -0.25) is 0 Å². The van der Waals surface area contributed by atoms with Gasteiger partial charge in [-0.2, -0.15) is 0 Å². The molecule has 1 aliphatic rings. The van der Waals surface area contributed by atoms with Gasteiger partial charge in [-0.1, -0.05) is 6.08 Å². The molecule has 1 unspecified atom stereocenters. The molecule has 0 fully saturated rings. The fourth-order valence-corrected chi connectivity index (χ4v) is 1.01. The van der Waals surface area contributed by atoms with Gasteiger partial charge >= 0.3 is 0 Å². The summed E-state index contributed by atoms with van der Waals surface area (Å²) in [6.07, 6.45) is 5.95. The first-order valence-electron chi connectivity index (χ1n) is 4.09. The van der Waals surface area contributed by atoms with Crippen molar-refractivity contribution in [1.82, 2.24) is 0 Å². The number of hydrogen-bond acceptors (Lipinski definition) is 3. The van der Waals surface area contributed by atoms with Crippen LogP contribution in [0.3, 0.4) is 0 Å². The van der Waals surface area contributed by atoms with Crippen LogP contribution >= 0.6 is 0 Å². The summed E-state index contributed by atoms with van der Waals surface area (Å²) < 4.78 is 10.3. The molecule has 0 bridgehead atoms. The van der Waals surface area contributed by atoms with E-state index in [2.05, 4.69) is 6.58 Å². The molecule has 1 aliphatic heterocycles. The Balaban J connectivity index is 2.10. The van der Waals surface area contributed by atoms with Crippen LogP contribution in [0.25, 0.3) is 0 Å². The largest absolute Gasteiger partial charge is 0.459 e. The molecule has 0 saturated heterocycles. The molecule has 3 nitrogen and oxygen atoms in total. The SMILES string of the molecule is C=CCCCC1OC=C(CO)O1. The van der Waals surface area contributed by atoms with E-state index in [1.165, 1.54) is 6.26 Å². The summed E-state index contributed by atoms with van der Waals surface area (Å²) in [5, 5.41) is 8.67. The maximum absolute atomic E-state index is 8.67. The molecular weight excluding hydrogens is 156 g/mol. The van der Waals surface area contributed by atoms with Crippen molar-refractivity contribution in [2.75, 3.05) is 6.61 Å². The number of rotatable bonds is 5. The first kappa shape index (κ1) is 9.13. The van der Waals surface area contributed by atoms with Gasteiger partial charge in [0.1, 0.15) is 12.9 Å². The molecule has 0 radical (unpaired) electrons. The van der Waals surface area contributed by atoms with Crippen LogP contribution in [0, 0.1) is 0 Å². The van der Waals surface area contributed by atoms with Crippen molar-refractivity contribution in [3.63, 3.8) is 0 Å². The third kappa shape index (κ3) is 2.58. The Hall–Kier alpha value is -0.960. The fraction of sp³-hybridized carbons (Fsp3) is 0.556. The van der Waals surface area contributed by atoms with Crippen LogP contribution in [0.15, 0.2) is 24.7 Å². The first-order valence-corrected chi connectivity index (χ1v) is 4.09. The van der Waals surface area contributed by atoms with Crippen LogP contribution in [0.5, 0.6) is 0 Å². The molecule has 0 saturated carbocycles. The lowest BCUT2D eigenvalue weighted by molar-refractivity contribution is -0.0428. The molecule has 1 N–H and O–H groups in total. The zero-order valence-electron chi connectivity index (χ0n) is 7.03. The number of aliphatic hydroxyl groups is 1. The van der Waals surface area contributed by atoms with E-state index in [4.69, 9.17) is 14.6 Å². The summed E-state index contributed by atoms with van der Waals surface area (Å²) in [5.41, 5.74) is 0. The topological polar surface area (TPSA) is 38.7 Å². The van der Waals surface area contributed by atoms with Crippen molar-refractivity contribution in [1.29, 1.82) is 0 Å². The van der Waals surface area contributed by atoms with Crippen molar-refractivity contribution >= 4 is 0 Å². The van der Waals surface area contributed by atoms with Crippen LogP contribution in [0.1, 0.15) is 19.3 Å². The van der Waals surface area contributed by atoms with Gasteiger partial charge in [0.15, 0.2) is 5.76 Å². The standard InChI is InChI=1S/C9H14O3/c1-2-3-4-5-9-11-7-8(6-10)12-9/h2,7,9-10H,1,3-6H2. The van der Waals surface area contributed by atoms with E-state index in [0.29, 0.717) is 5.76 Å². The Morgan fingerprint density at radius 1 is 1.67 bits per heavy atom. The normalized spacial score (nSPS) is 21.1. The summed E-state index contributed by atoms with van der Waals surface area (Å²) in [5.74, 6) is 0.513. The number of allylic oxidation sites excluding steroid dienone is 1. The minimum atomic E-state index is -0.202. The van der Waals surface area contributed by atoms with Gasteiger partial charge in [0, 0.05) is 6.42 Å². The molecule has 3 heteroatoms. The summed E-state index contributed by atoms with van der Waals surface area (Å²) in [6, 6.07) is 0. The highest BCUT2D eigenvalue weighted by Crippen LogP contribution is 2.18. The van der Waals surface area contributed by atoms with Crippen LogP contribution < -0.4 is 0 Å². The third-order valence-corrected chi connectivity index (χ3v) is 1.64. The number of unbranched alkanes of at least 4 members (excludes halogenated alkanes) is 1. The van der Waals surface area contributed by atoms with Crippen molar-refractivity contribution in [3.8, 4) is 0 Å². The molecule has 0 amide bonds. The second kappa shape index (κ2) is 4.83. The molecule has 0 aromatic rings. The van der Waals surface area contributed by atoms with Crippen LogP contribution in [0.2, 0.25) is 0 Å². The predicted octanol–water partition coefficient (Wildman–Crippen LogP) is 1.55. The van der Waals surface area contributed by atoms with Gasteiger partial charge in [0.25, 0.3) is 0 Å². The second-order valence-electron chi connectivity index (χ2n) is 2.65. The molecule has 0 aromatic carbocycles. The van der Waals surface area contributed by atoms with Crippen LogP contribution in [0.4, 0.5) is 0 Å². The fourth-order valence-electron chi connectivity index (χ4n) is 1.01. The zero-order chi connectivity index (χ0) is 8.81. The molecule has 0 spiro atoms. The summed E-state index contributed by atoms with van der Waals surface area (Å²) >= 11 is 0. The van der Waals surface area contributed by atoms with Gasteiger partial charge in [-0.15, -0.1) is 6.58 Å². The minimum absolute atomic E-state index is 0.0854. The Kier molecular flexibility index (Phi) is 3.67. The summed E-state index contributed by atoms with van der Waals surface area (Å²) in [6.45, 7) is 3.54. The molecule has 1 rings (SSSR count). The van der Waals surface area contributed by atoms with Gasteiger partial charge in [-0.25, -0.2) is 0 Å². The average molecular weight is 170 g/mol. The highest BCUT2D eigenvalue weighted by molar-refractivity contribution is 4.91. The first-order chi connectivity index (χ1) is 5.86.